The van der Waals surface area contributed by atoms with Crippen LogP contribution < -0.4 is 9.47 Å². The first-order valence-corrected chi connectivity index (χ1v) is 12.4. The SMILES string of the molecule is COc1cc(/C=C2/SC(=S)N(CCCCCC(=O)O)C2=O)ccc1OCc1cccc(Br)c1. The highest BCUT2D eigenvalue weighted by atomic mass is 79.9. The van der Waals surface area contributed by atoms with Gasteiger partial charge >= 0.3 is 5.97 Å². The summed E-state index contributed by atoms with van der Waals surface area (Å²) in [5.41, 5.74) is 1.84. The largest absolute Gasteiger partial charge is 0.493 e. The lowest BCUT2D eigenvalue weighted by Gasteiger charge is -2.14. The Kier molecular flexibility index (Phi) is 9.34. The van der Waals surface area contributed by atoms with Gasteiger partial charge in [-0.25, -0.2) is 0 Å². The molecule has 2 aromatic carbocycles. The van der Waals surface area contributed by atoms with Gasteiger partial charge in [0, 0.05) is 17.4 Å². The van der Waals surface area contributed by atoms with Crippen LogP contribution in [0.3, 0.4) is 0 Å². The minimum atomic E-state index is -0.802. The zero-order valence-corrected chi connectivity index (χ0v) is 21.3. The van der Waals surface area contributed by atoms with Gasteiger partial charge < -0.3 is 14.6 Å². The minimum absolute atomic E-state index is 0.128. The summed E-state index contributed by atoms with van der Waals surface area (Å²) in [7, 11) is 1.58. The molecule has 1 aliphatic rings. The summed E-state index contributed by atoms with van der Waals surface area (Å²) in [5.74, 6) is 0.261. The fourth-order valence-electron chi connectivity index (χ4n) is 3.25. The van der Waals surface area contributed by atoms with Crippen molar-refractivity contribution >= 4 is 62.2 Å². The van der Waals surface area contributed by atoms with Crippen LogP contribution in [0.15, 0.2) is 51.8 Å². The number of hydrogen-bond donors (Lipinski definition) is 1. The maximum absolute atomic E-state index is 12.8. The van der Waals surface area contributed by atoms with E-state index < -0.39 is 5.97 Å². The van der Waals surface area contributed by atoms with E-state index in [0.717, 1.165) is 22.0 Å². The number of amides is 1. The predicted molar refractivity (Wildman–Crippen MR) is 137 cm³/mol. The predicted octanol–water partition coefficient (Wildman–Crippen LogP) is 5.88. The molecule has 0 atom stereocenters. The Hall–Kier alpha value is -2.36. The van der Waals surface area contributed by atoms with E-state index >= 15 is 0 Å². The van der Waals surface area contributed by atoms with Gasteiger partial charge in [0.2, 0.25) is 0 Å². The second-order valence-electron chi connectivity index (χ2n) is 7.37. The van der Waals surface area contributed by atoms with Gasteiger partial charge in [0.15, 0.2) is 11.5 Å². The molecule has 0 radical (unpaired) electrons. The third-order valence-corrected chi connectivity index (χ3v) is 6.79. The summed E-state index contributed by atoms with van der Waals surface area (Å²) in [6.45, 7) is 0.896. The molecule has 1 saturated heterocycles. The van der Waals surface area contributed by atoms with Gasteiger partial charge in [-0.05, 0) is 54.3 Å². The number of methoxy groups -OCH3 is 1. The number of carboxylic acid groups (broad SMARTS) is 1. The molecule has 9 heteroatoms. The average Bonchev–Trinajstić information content (AvgIpc) is 3.05. The average molecular weight is 550 g/mol. The Morgan fingerprint density at radius 1 is 1.18 bits per heavy atom. The molecular weight excluding hydrogens is 526 g/mol. The van der Waals surface area contributed by atoms with E-state index in [-0.39, 0.29) is 12.3 Å². The number of hydrogen-bond acceptors (Lipinski definition) is 6. The molecule has 1 N–H and O–H groups in total. The topological polar surface area (TPSA) is 76.1 Å². The molecule has 2 aromatic rings. The maximum atomic E-state index is 12.8. The van der Waals surface area contributed by atoms with Crippen molar-refractivity contribution in [2.75, 3.05) is 13.7 Å². The van der Waals surface area contributed by atoms with E-state index in [4.69, 9.17) is 26.8 Å². The molecule has 0 aromatic heterocycles. The highest BCUT2D eigenvalue weighted by molar-refractivity contribution is 9.10. The highest BCUT2D eigenvalue weighted by Gasteiger charge is 2.31. The number of thioether (sulfide) groups is 1. The number of unbranched alkanes of at least 4 members (excludes halogenated alkanes) is 2. The normalized spacial score (nSPS) is 14.7. The van der Waals surface area contributed by atoms with E-state index in [1.807, 2.05) is 42.5 Å². The summed E-state index contributed by atoms with van der Waals surface area (Å²) in [5, 5.41) is 8.72. The Morgan fingerprint density at radius 3 is 2.73 bits per heavy atom. The van der Waals surface area contributed by atoms with Crippen LogP contribution in [0.2, 0.25) is 0 Å². The summed E-state index contributed by atoms with van der Waals surface area (Å²) >= 11 is 10.1. The third-order valence-electron chi connectivity index (χ3n) is 4.91. The zero-order valence-electron chi connectivity index (χ0n) is 18.1. The molecule has 1 amide bonds. The summed E-state index contributed by atoms with van der Waals surface area (Å²) in [6, 6.07) is 13.4. The number of nitrogens with zero attached hydrogens (tertiary/aromatic N) is 1. The molecular formula is C24H24BrNO5S2. The lowest BCUT2D eigenvalue weighted by Crippen LogP contribution is -2.29. The Bertz CT molecular complexity index is 1070. The molecule has 0 aliphatic carbocycles. The number of halogens is 1. The third kappa shape index (κ3) is 7.31. The van der Waals surface area contributed by atoms with Gasteiger partial charge in [-0.2, -0.15) is 0 Å². The van der Waals surface area contributed by atoms with Crippen LogP contribution >= 0.6 is 39.9 Å². The summed E-state index contributed by atoms with van der Waals surface area (Å²) in [4.78, 5) is 25.5. The number of benzene rings is 2. The molecule has 6 nitrogen and oxygen atoms in total. The Morgan fingerprint density at radius 2 is 2.00 bits per heavy atom. The standard InChI is InChI=1S/C24H24BrNO5S2/c1-30-20-13-16(9-10-19(20)31-15-17-6-5-7-18(25)12-17)14-21-23(29)26(24(32)33-21)11-4-2-3-8-22(27)28/h5-7,9-10,12-14H,2-4,8,11,15H2,1H3,(H,27,28)/b21-14+. The van der Waals surface area contributed by atoms with Crippen molar-refractivity contribution in [1.82, 2.24) is 4.90 Å². The molecule has 33 heavy (non-hydrogen) atoms. The molecule has 0 unspecified atom stereocenters. The number of carbonyl (C=O) groups excluding carboxylic acids is 1. The number of thiocarbonyl (C=S) groups is 1. The smallest absolute Gasteiger partial charge is 0.303 e. The monoisotopic (exact) mass is 549 g/mol. The van der Waals surface area contributed by atoms with Gasteiger partial charge in [0.1, 0.15) is 10.9 Å². The summed E-state index contributed by atoms with van der Waals surface area (Å²) in [6.07, 6.45) is 3.98. The van der Waals surface area contributed by atoms with Gasteiger partial charge in [-0.3, -0.25) is 14.5 Å². The van der Waals surface area contributed by atoms with Crippen molar-refractivity contribution in [3.63, 3.8) is 0 Å². The second-order valence-corrected chi connectivity index (χ2v) is 9.96. The lowest BCUT2D eigenvalue weighted by molar-refractivity contribution is -0.137. The van der Waals surface area contributed by atoms with Gasteiger partial charge in [0.05, 0.1) is 12.0 Å². The number of carboxylic acids is 1. The minimum Gasteiger partial charge on any atom is -0.493 e. The quantitative estimate of drug-likeness (QED) is 0.213. The van der Waals surface area contributed by atoms with E-state index in [1.54, 1.807) is 18.1 Å². The van der Waals surface area contributed by atoms with Crippen LogP contribution in [0.5, 0.6) is 11.5 Å². The van der Waals surface area contributed by atoms with Crippen molar-refractivity contribution in [2.45, 2.75) is 32.3 Å². The number of carbonyl (C=O) groups is 2. The molecule has 0 bridgehead atoms. The molecule has 1 heterocycles. The Labute approximate surface area is 211 Å². The first-order chi connectivity index (χ1) is 15.9. The molecule has 0 saturated carbocycles. The van der Waals surface area contributed by atoms with Crippen LogP contribution in [0, 0.1) is 0 Å². The Balaban J connectivity index is 1.63. The summed E-state index contributed by atoms with van der Waals surface area (Å²) < 4.78 is 12.9. The zero-order chi connectivity index (χ0) is 23.8. The molecule has 174 valence electrons. The second kappa shape index (κ2) is 12.2. The van der Waals surface area contributed by atoms with Crippen molar-refractivity contribution in [2.24, 2.45) is 0 Å². The van der Waals surface area contributed by atoms with E-state index in [2.05, 4.69) is 15.9 Å². The van der Waals surface area contributed by atoms with Crippen LogP contribution in [-0.2, 0) is 16.2 Å². The van der Waals surface area contributed by atoms with Gasteiger partial charge in [-0.1, -0.05) is 64.5 Å². The first-order valence-electron chi connectivity index (χ1n) is 10.4. The van der Waals surface area contributed by atoms with Crippen LogP contribution in [0.1, 0.15) is 36.8 Å². The van der Waals surface area contributed by atoms with Crippen LogP contribution in [0.4, 0.5) is 0 Å². The lowest BCUT2D eigenvalue weighted by atomic mass is 10.1. The van der Waals surface area contributed by atoms with E-state index in [9.17, 15) is 9.59 Å². The molecule has 0 spiro atoms. The fourth-order valence-corrected chi connectivity index (χ4v) is 5.00. The van der Waals surface area contributed by atoms with Crippen molar-refractivity contribution < 1.29 is 24.2 Å². The first kappa shape index (κ1) is 25.3. The van der Waals surface area contributed by atoms with E-state index in [1.165, 1.54) is 11.8 Å². The van der Waals surface area contributed by atoms with Crippen molar-refractivity contribution in [3.05, 3.63) is 63.0 Å². The maximum Gasteiger partial charge on any atom is 0.303 e. The fraction of sp³-hybridized carbons (Fsp3) is 0.292. The van der Waals surface area contributed by atoms with Gasteiger partial charge in [0.25, 0.3) is 5.91 Å². The van der Waals surface area contributed by atoms with E-state index in [0.29, 0.717) is 46.7 Å². The molecule has 1 fully saturated rings. The number of aliphatic carboxylic acids is 1. The number of rotatable bonds is 11. The van der Waals surface area contributed by atoms with Crippen molar-refractivity contribution in [1.29, 1.82) is 0 Å². The number of ether oxygens (including phenoxy) is 2. The molecule has 1 aliphatic heterocycles. The molecule has 3 rings (SSSR count). The van der Waals surface area contributed by atoms with Crippen molar-refractivity contribution in [3.8, 4) is 11.5 Å². The van der Waals surface area contributed by atoms with Crippen LogP contribution in [-0.4, -0.2) is 39.9 Å². The van der Waals surface area contributed by atoms with Crippen LogP contribution in [0.25, 0.3) is 6.08 Å². The highest BCUT2D eigenvalue weighted by Crippen LogP contribution is 2.35. The van der Waals surface area contributed by atoms with Gasteiger partial charge in [-0.15, -0.1) is 0 Å².